The van der Waals surface area contributed by atoms with Gasteiger partial charge in [0.1, 0.15) is 16.9 Å². The van der Waals surface area contributed by atoms with Crippen molar-refractivity contribution in [2.75, 3.05) is 22.9 Å². The maximum absolute atomic E-state index is 13.5. The first kappa shape index (κ1) is 23.5. The molecule has 4 aromatic rings. The molecule has 6 rings (SSSR count). The number of amides is 4. The Morgan fingerprint density at radius 2 is 1.71 bits per heavy atom. The van der Waals surface area contributed by atoms with Crippen molar-refractivity contribution >= 4 is 45.8 Å². The van der Waals surface area contributed by atoms with E-state index in [2.05, 4.69) is 10.3 Å². The summed E-state index contributed by atoms with van der Waals surface area (Å²) in [6, 6.07) is 23.6. The number of hydrogen-bond donors (Lipinski definition) is 2. The molecule has 2 heterocycles. The fourth-order valence-electron chi connectivity index (χ4n) is 4.74. The Hall–Kier alpha value is -4.92. The first-order valence-electron chi connectivity index (χ1n) is 12.4. The lowest BCUT2D eigenvalue weighted by molar-refractivity contribution is -0.133. The van der Waals surface area contributed by atoms with Crippen molar-refractivity contribution in [1.29, 1.82) is 0 Å². The van der Waals surface area contributed by atoms with Crippen LogP contribution in [0.3, 0.4) is 0 Å². The number of primary amides is 1. The van der Waals surface area contributed by atoms with Crippen molar-refractivity contribution in [3.8, 4) is 11.5 Å². The Morgan fingerprint density at radius 3 is 2.37 bits per heavy atom. The highest BCUT2D eigenvalue weighted by molar-refractivity contribution is 6.16. The van der Waals surface area contributed by atoms with E-state index in [1.165, 1.54) is 0 Å². The standard InChI is InChI=1S/C29H25N5O4/c30-26(35)29(13-14-29)27(36)34(19-4-2-1-3-5-19)20-6-9-22(10-7-20)38-25-12-15-31-24-18-21(8-11-23(24)25)33-17-16-32-28(33)37/h1-12,15,18H,13-14,16-17H2,(H2,30,35)(H,32,37). The number of hydrogen-bond acceptors (Lipinski definition) is 5. The number of carbonyl (C=O) groups excluding carboxylic acids is 3. The van der Waals surface area contributed by atoms with E-state index < -0.39 is 11.3 Å². The summed E-state index contributed by atoms with van der Waals surface area (Å²) in [4.78, 5) is 45.3. The monoisotopic (exact) mass is 507 g/mol. The van der Waals surface area contributed by atoms with Gasteiger partial charge in [-0.2, -0.15) is 0 Å². The summed E-state index contributed by atoms with van der Waals surface area (Å²) >= 11 is 0. The number of nitrogens with one attached hydrogen (secondary N) is 1. The molecule has 1 aliphatic heterocycles. The molecule has 4 amide bonds. The van der Waals surface area contributed by atoms with Crippen LogP contribution in [0.4, 0.5) is 21.9 Å². The fraction of sp³-hybridized carbons (Fsp3) is 0.172. The molecule has 1 aliphatic carbocycles. The SMILES string of the molecule is NC(=O)C1(C(=O)N(c2ccccc2)c2ccc(Oc3ccnc4cc(N5CCNC5=O)ccc34)cc2)CC1. The molecule has 2 aliphatic rings. The summed E-state index contributed by atoms with van der Waals surface area (Å²) < 4.78 is 6.19. The van der Waals surface area contributed by atoms with Crippen molar-refractivity contribution in [1.82, 2.24) is 10.3 Å². The minimum Gasteiger partial charge on any atom is -0.457 e. The molecular formula is C29H25N5O4. The number of aromatic nitrogens is 1. The summed E-state index contributed by atoms with van der Waals surface area (Å²) in [5.74, 6) is 0.261. The number of pyridine rings is 1. The minimum absolute atomic E-state index is 0.122. The zero-order valence-corrected chi connectivity index (χ0v) is 20.5. The number of nitrogens with two attached hydrogens (primary N) is 1. The van der Waals surface area contributed by atoms with E-state index in [4.69, 9.17) is 10.5 Å². The summed E-state index contributed by atoms with van der Waals surface area (Å²) in [6.45, 7) is 1.22. The van der Waals surface area contributed by atoms with Gasteiger partial charge in [-0.25, -0.2) is 4.79 Å². The Morgan fingerprint density at radius 1 is 0.974 bits per heavy atom. The van der Waals surface area contributed by atoms with Gasteiger partial charge in [-0.05, 0) is 73.5 Å². The fourth-order valence-corrected chi connectivity index (χ4v) is 4.74. The Balaban J connectivity index is 1.28. The molecule has 190 valence electrons. The van der Waals surface area contributed by atoms with Crippen LogP contribution in [-0.2, 0) is 9.59 Å². The maximum Gasteiger partial charge on any atom is 0.321 e. The number of nitrogens with zero attached hydrogens (tertiary/aromatic N) is 3. The topological polar surface area (TPSA) is 118 Å². The molecule has 3 aromatic carbocycles. The summed E-state index contributed by atoms with van der Waals surface area (Å²) in [7, 11) is 0. The van der Waals surface area contributed by atoms with E-state index in [1.54, 1.807) is 46.3 Å². The molecule has 9 nitrogen and oxygen atoms in total. The predicted octanol–water partition coefficient (Wildman–Crippen LogP) is 4.49. The average Bonchev–Trinajstić information content (AvgIpc) is 3.65. The van der Waals surface area contributed by atoms with E-state index >= 15 is 0 Å². The van der Waals surface area contributed by atoms with Crippen molar-refractivity contribution in [2.24, 2.45) is 11.1 Å². The maximum atomic E-state index is 13.5. The second-order valence-corrected chi connectivity index (χ2v) is 9.41. The largest absolute Gasteiger partial charge is 0.457 e. The summed E-state index contributed by atoms with van der Waals surface area (Å²) in [6.07, 6.45) is 2.56. The number of ether oxygens (including phenoxy) is 1. The van der Waals surface area contributed by atoms with E-state index in [0.29, 0.717) is 54.3 Å². The van der Waals surface area contributed by atoms with Crippen LogP contribution < -0.4 is 25.6 Å². The van der Waals surface area contributed by atoms with Gasteiger partial charge in [0.25, 0.3) is 0 Å². The minimum atomic E-state index is -1.16. The summed E-state index contributed by atoms with van der Waals surface area (Å²) in [5.41, 5.74) is 7.18. The van der Waals surface area contributed by atoms with E-state index in [9.17, 15) is 14.4 Å². The van der Waals surface area contributed by atoms with E-state index in [1.807, 2.05) is 48.5 Å². The third kappa shape index (κ3) is 4.07. The van der Waals surface area contributed by atoms with Gasteiger partial charge in [0.05, 0.1) is 5.52 Å². The van der Waals surface area contributed by atoms with Gasteiger partial charge in [-0.1, -0.05) is 18.2 Å². The molecule has 38 heavy (non-hydrogen) atoms. The number of benzene rings is 3. The van der Waals surface area contributed by atoms with Crippen molar-refractivity contribution < 1.29 is 19.1 Å². The van der Waals surface area contributed by atoms with Gasteiger partial charge in [0.2, 0.25) is 11.8 Å². The molecule has 0 bridgehead atoms. The average molecular weight is 508 g/mol. The predicted molar refractivity (Wildman–Crippen MR) is 143 cm³/mol. The molecule has 1 saturated heterocycles. The van der Waals surface area contributed by atoms with Gasteiger partial charge in [-0.3, -0.25) is 24.4 Å². The number of rotatable bonds is 7. The lowest BCUT2D eigenvalue weighted by atomic mass is 10.0. The second kappa shape index (κ2) is 9.19. The molecule has 2 fully saturated rings. The number of anilines is 3. The van der Waals surface area contributed by atoms with Crippen molar-refractivity contribution in [3.63, 3.8) is 0 Å². The normalized spacial score (nSPS) is 15.7. The molecule has 3 N–H and O–H groups in total. The molecule has 9 heteroatoms. The van der Waals surface area contributed by atoms with Crippen LogP contribution in [0, 0.1) is 5.41 Å². The lowest BCUT2D eigenvalue weighted by Crippen LogP contribution is -2.41. The first-order chi connectivity index (χ1) is 18.5. The first-order valence-corrected chi connectivity index (χ1v) is 12.4. The number of fused-ring (bicyclic) bond motifs is 1. The molecule has 1 aromatic heterocycles. The summed E-state index contributed by atoms with van der Waals surface area (Å²) in [5, 5.41) is 3.61. The van der Waals surface area contributed by atoms with Gasteiger partial charge >= 0.3 is 6.03 Å². The van der Waals surface area contributed by atoms with Crippen LogP contribution in [-0.4, -0.2) is 35.9 Å². The van der Waals surface area contributed by atoms with Gasteiger partial charge < -0.3 is 15.8 Å². The Kier molecular flexibility index (Phi) is 5.68. The van der Waals surface area contributed by atoms with Gasteiger partial charge in [-0.15, -0.1) is 0 Å². The highest BCUT2D eigenvalue weighted by Crippen LogP contribution is 2.49. The Labute approximate surface area is 218 Å². The number of para-hydroxylation sites is 1. The third-order valence-corrected chi connectivity index (χ3v) is 7.03. The van der Waals surface area contributed by atoms with Crippen molar-refractivity contribution in [2.45, 2.75) is 12.8 Å². The molecular weight excluding hydrogens is 482 g/mol. The van der Waals surface area contributed by atoms with Gasteiger partial charge in [0.15, 0.2) is 0 Å². The third-order valence-electron chi connectivity index (χ3n) is 7.03. The van der Waals surface area contributed by atoms with Crippen LogP contribution in [0.15, 0.2) is 85.1 Å². The molecule has 0 radical (unpaired) electrons. The van der Waals surface area contributed by atoms with E-state index in [-0.39, 0.29) is 11.9 Å². The van der Waals surface area contributed by atoms with Crippen LogP contribution in [0.25, 0.3) is 10.9 Å². The zero-order valence-electron chi connectivity index (χ0n) is 20.5. The van der Waals surface area contributed by atoms with Crippen LogP contribution in [0.2, 0.25) is 0 Å². The smallest absolute Gasteiger partial charge is 0.321 e. The van der Waals surface area contributed by atoms with E-state index in [0.717, 1.165) is 11.1 Å². The second-order valence-electron chi connectivity index (χ2n) is 9.41. The Bertz CT molecular complexity index is 1550. The highest BCUT2D eigenvalue weighted by Gasteiger charge is 2.57. The van der Waals surface area contributed by atoms with Gasteiger partial charge in [0, 0.05) is 41.7 Å². The molecule has 0 atom stereocenters. The molecule has 0 unspecified atom stereocenters. The highest BCUT2D eigenvalue weighted by atomic mass is 16.5. The lowest BCUT2D eigenvalue weighted by Gasteiger charge is -2.26. The van der Waals surface area contributed by atoms with Crippen LogP contribution in [0.1, 0.15) is 12.8 Å². The van der Waals surface area contributed by atoms with Crippen molar-refractivity contribution in [3.05, 3.63) is 85.1 Å². The molecule has 0 spiro atoms. The quantitative estimate of drug-likeness (QED) is 0.358. The number of urea groups is 1. The van der Waals surface area contributed by atoms with Crippen LogP contribution >= 0.6 is 0 Å². The zero-order chi connectivity index (χ0) is 26.3. The van der Waals surface area contributed by atoms with Crippen LogP contribution in [0.5, 0.6) is 11.5 Å². The molecule has 1 saturated carbocycles. The number of carbonyl (C=O) groups is 3.